The third-order valence-corrected chi connectivity index (χ3v) is 4.85. The van der Waals surface area contributed by atoms with Crippen molar-refractivity contribution < 1.29 is 9.47 Å². The molecule has 1 N–H and O–H groups in total. The summed E-state index contributed by atoms with van der Waals surface area (Å²) in [6, 6.07) is 4.34. The van der Waals surface area contributed by atoms with Gasteiger partial charge in [0.1, 0.15) is 5.75 Å². The molecule has 1 saturated heterocycles. The van der Waals surface area contributed by atoms with Gasteiger partial charge in [0.05, 0.1) is 6.61 Å². The minimum atomic E-state index is 0.369. The highest BCUT2D eigenvalue weighted by molar-refractivity contribution is 9.10. The van der Waals surface area contributed by atoms with Crippen LogP contribution in [0, 0.1) is 5.41 Å². The summed E-state index contributed by atoms with van der Waals surface area (Å²) in [7, 11) is 0. The summed E-state index contributed by atoms with van der Waals surface area (Å²) in [6.45, 7) is 6.87. The zero-order valence-corrected chi connectivity index (χ0v) is 13.6. The molecule has 0 bridgehead atoms. The predicted octanol–water partition coefficient (Wildman–Crippen LogP) is 3.29. The van der Waals surface area contributed by atoms with E-state index >= 15 is 0 Å². The second kappa shape index (κ2) is 6.04. The number of rotatable bonds is 4. The Morgan fingerprint density at radius 3 is 2.85 bits per heavy atom. The molecule has 4 heteroatoms. The third-order valence-electron chi connectivity index (χ3n) is 4.39. The lowest BCUT2D eigenvalue weighted by Gasteiger charge is -2.33. The summed E-state index contributed by atoms with van der Waals surface area (Å²) < 4.78 is 12.4. The van der Waals surface area contributed by atoms with Gasteiger partial charge in [0.25, 0.3) is 0 Å². The molecule has 3 nitrogen and oxygen atoms in total. The van der Waals surface area contributed by atoms with E-state index in [0.29, 0.717) is 5.41 Å². The quantitative estimate of drug-likeness (QED) is 0.912. The van der Waals surface area contributed by atoms with E-state index in [4.69, 9.17) is 9.47 Å². The molecule has 1 fully saturated rings. The van der Waals surface area contributed by atoms with E-state index in [1.807, 2.05) is 0 Å². The fourth-order valence-electron chi connectivity index (χ4n) is 3.02. The van der Waals surface area contributed by atoms with Crippen molar-refractivity contribution in [2.45, 2.75) is 32.7 Å². The van der Waals surface area contributed by atoms with Crippen LogP contribution in [0.1, 0.15) is 30.9 Å². The highest BCUT2D eigenvalue weighted by atomic mass is 79.9. The smallest absolute Gasteiger partial charge is 0.127 e. The number of nitrogens with one attached hydrogen (secondary N) is 1. The summed E-state index contributed by atoms with van der Waals surface area (Å²) in [6.07, 6.45) is 3.32. The van der Waals surface area contributed by atoms with Crippen LogP contribution in [0.4, 0.5) is 0 Å². The SMILES string of the molecule is CC1(CNCc2cc(Br)cc3c2OCC3)CCOCC1. The van der Waals surface area contributed by atoms with Gasteiger partial charge >= 0.3 is 0 Å². The van der Waals surface area contributed by atoms with Crippen molar-refractivity contribution in [1.29, 1.82) is 0 Å². The summed E-state index contributed by atoms with van der Waals surface area (Å²) in [4.78, 5) is 0. The van der Waals surface area contributed by atoms with E-state index in [1.165, 1.54) is 11.1 Å². The van der Waals surface area contributed by atoms with Crippen molar-refractivity contribution in [2.24, 2.45) is 5.41 Å². The molecule has 0 aromatic heterocycles. The first-order chi connectivity index (χ1) is 9.66. The number of fused-ring (bicyclic) bond motifs is 1. The normalized spacial score (nSPS) is 20.5. The molecule has 0 unspecified atom stereocenters. The molecule has 0 radical (unpaired) electrons. The molecule has 1 aromatic carbocycles. The van der Waals surface area contributed by atoms with Gasteiger partial charge in [0.15, 0.2) is 0 Å². The van der Waals surface area contributed by atoms with Gasteiger partial charge < -0.3 is 14.8 Å². The van der Waals surface area contributed by atoms with E-state index < -0.39 is 0 Å². The van der Waals surface area contributed by atoms with Crippen LogP contribution >= 0.6 is 15.9 Å². The average Bonchev–Trinajstić information content (AvgIpc) is 2.87. The second-order valence-corrected chi connectivity index (χ2v) is 7.09. The lowest BCUT2D eigenvalue weighted by atomic mass is 9.82. The standard InChI is InChI=1S/C16H22BrNO2/c1-16(3-6-19-7-4-16)11-18-10-13-9-14(17)8-12-2-5-20-15(12)13/h8-9,18H,2-7,10-11H2,1H3. The second-order valence-electron chi connectivity index (χ2n) is 6.18. The number of hydrogen-bond donors (Lipinski definition) is 1. The van der Waals surface area contributed by atoms with E-state index in [1.54, 1.807) is 0 Å². The van der Waals surface area contributed by atoms with E-state index in [9.17, 15) is 0 Å². The third kappa shape index (κ3) is 3.18. The highest BCUT2D eigenvalue weighted by Gasteiger charge is 2.27. The molecule has 2 heterocycles. The average molecular weight is 340 g/mol. The van der Waals surface area contributed by atoms with Crippen LogP contribution in [0.3, 0.4) is 0 Å². The first-order valence-corrected chi connectivity index (χ1v) is 8.18. The molecule has 0 amide bonds. The van der Waals surface area contributed by atoms with Gasteiger partial charge in [0, 0.05) is 42.8 Å². The van der Waals surface area contributed by atoms with Gasteiger partial charge in [0.2, 0.25) is 0 Å². The van der Waals surface area contributed by atoms with Crippen molar-refractivity contribution in [1.82, 2.24) is 5.32 Å². The monoisotopic (exact) mass is 339 g/mol. The van der Waals surface area contributed by atoms with Crippen LogP contribution in [0.15, 0.2) is 16.6 Å². The molecule has 110 valence electrons. The first kappa shape index (κ1) is 14.4. The molecule has 0 spiro atoms. The Bertz CT molecular complexity index is 484. The van der Waals surface area contributed by atoms with Crippen LogP contribution in [0.5, 0.6) is 5.75 Å². The summed E-state index contributed by atoms with van der Waals surface area (Å²) in [5.74, 6) is 1.10. The Morgan fingerprint density at radius 1 is 1.25 bits per heavy atom. The molecule has 1 aromatic rings. The summed E-state index contributed by atoms with van der Waals surface area (Å²) in [5.41, 5.74) is 2.96. The maximum Gasteiger partial charge on any atom is 0.127 e. The molecule has 2 aliphatic heterocycles. The zero-order valence-electron chi connectivity index (χ0n) is 12.0. The van der Waals surface area contributed by atoms with Crippen LogP contribution < -0.4 is 10.1 Å². The Kier molecular flexibility index (Phi) is 4.34. The molecule has 3 rings (SSSR count). The highest BCUT2D eigenvalue weighted by Crippen LogP contribution is 2.33. The van der Waals surface area contributed by atoms with E-state index in [-0.39, 0.29) is 0 Å². The Hall–Kier alpha value is -0.580. The lowest BCUT2D eigenvalue weighted by molar-refractivity contribution is 0.0240. The molecular formula is C16H22BrNO2. The van der Waals surface area contributed by atoms with Crippen LogP contribution in [-0.2, 0) is 17.7 Å². The number of hydrogen-bond acceptors (Lipinski definition) is 3. The van der Waals surface area contributed by atoms with Gasteiger partial charge in [-0.3, -0.25) is 0 Å². The summed E-state index contributed by atoms with van der Waals surface area (Å²) >= 11 is 3.59. The molecular weight excluding hydrogens is 318 g/mol. The fraction of sp³-hybridized carbons (Fsp3) is 0.625. The Labute approximate surface area is 129 Å². The Morgan fingerprint density at radius 2 is 2.05 bits per heavy atom. The van der Waals surface area contributed by atoms with Gasteiger partial charge in [-0.05, 0) is 36.0 Å². The van der Waals surface area contributed by atoms with E-state index in [2.05, 4.69) is 40.3 Å². The maximum atomic E-state index is 5.77. The molecule has 20 heavy (non-hydrogen) atoms. The number of benzene rings is 1. The topological polar surface area (TPSA) is 30.5 Å². The zero-order chi connectivity index (χ0) is 14.0. The Balaban J connectivity index is 1.61. The minimum Gasteiger partial charge on any atom is -0.493 e. The first-order valence-electron chi connectivity index (χ1n) is 7.39. The minimum absolute atomic E-state index is 0.369. The van der Waals surface area contributed by atoms with Crippen molar-refractivity contribution in [3.05, 3.63) is 27.7 Å². The van der Waals surface area contributed by atoms with Crippen LogP contribution in [0.2, 0.25) is 0 Å². The van der Waals surface area contributed by atoms with Crippen LogP contribution in [-0.4, -0.2) is 26.4 Å². The molecule has 0 atom stereocenters. The van der Waals surface area contributed by atoms with Crippen molar-refractivity contribution >= 4 is 15.9 Å². The van der Waals surface area contributed by atoms with Crippen LogP contribution in [0.25, 0.3) is 0 Å². The van der Waals surface area contributed by atoms with Gasteiger partial charge in [-0.1, -0.05) is 22.9 Å². The van der Waals surface area contributed by atoms with Crippen molar-refractivity contribution in [2.75, 3.05) is 26.4 Å². The molecule has 2 aliphatic rings. The largest absolute Gasteiger partial charge is 0.493 e. The van der Waals surface area contributed by atoms with Gasteiger partial charge in [-0.25, -0.2) is 0 Å². The predicted molar refractivity (Wildman–Crippen MR) is 83.2 cm³/mol. The van der Waals surface area contributed by atoms with Crippen molar-refractivity contribution in [3.8, 4) is 5.75 Å². The summed E-state index contributed by atoms with van der Waals surface area (Å²) in [5, 5.41) is 3.61. The molecule has 0 saturated carbocycles. The van der Waals surface area contributed by atoms with E-state index in [0.717, 1.165) is 62.4 Å². The lowest BCUT2D eigenvalue weighted by Crippen LogP contribution is -2.36. The molecule has 0 aliphatic carbocycles. The van der Waals surface area contributed by atoms with Gasteiger partial charge in [-0.2, -0.15) is 0 Å². The fourth-order valence-corrected chi connectivity index (χ4v) is 3.57. The number of halogens is 1. The number of ether oxygens (including phenoxy) is 2. The van der Waals surface area contributed by atoms with Gasteiger partial charge in [-0.15, -0.1) is 0 Å². The maximum absolute atomic E-state index is 5.77. The van der Waals surface area contributed by atoms with Crippen molar-refractivity contribution in [3.63, 3.8) is 0 Å².